The van der Waals surface area contributed by atoms with E-state index in [0.29, 0.717) is 17.3 Å². The highest BCUT2D eigenvalue weighted by Crippen LogP contribution is 2.07. The summed E-state index contributed by atoms with van der Waals surface area (Å²) < 4.78 is 1.84. The molecule has 0 unspecified atom stereocenters. The van der Waals surface area contributed by atoms with Crippen LogP contribution >= 0.6 is 0 Å². The average molecular weight is 203 g/mol. The SMILES string of the molecule is CC(C)Cc1cn2cc(C=O)nc2cn1. The van der Waals surface area contributed by atoms with Crippen LogP contribution < -0.4 is 0 Å². The highest BCUT2D eigenvalue weighted by Gasteiger charge is 2.03. The van der Waals surface area contributed by atoms with Crippen molar-refractivity contribution in [2.45, 2.75) is 20.3 Å². The van der Waals surface area contributed by atoms with Crippen LogP contribution in [0.25, 0.3) is 5.65 Å². The molecule has 0 bridgehead atoms. The second kappa shape index (κ2) is 3.81. The zero-order valence-electron chi connectivity index (χ0n) is 8.84. The first-order chi connectivity index (χ1) is 7.19. The third-order valence-electron chi connectivity index (χ3n) is 2.15. The van der Waals surface area contributed by atoms with Crippen LogP contribution in [0.3, 0.4) is 0 Å². The summed E-state index contributed by atoms with van der Waals surface area (Å²) in [6.45, 7) is 4.30. The molecular formula is C11H13N3O. The fourth-order valence-electron chi connectivity index (χ4n) is 1.54. The van der Waals surface area contributed by atoms with Crippen molar-refractivity contribution in [1.82, 2.24) is 14.4 Å². The quantitative estimate of drug-likeness (QED) is 0.714. The molecule has 2 rings (SSSR count). The van der Waals surface area contributed by atoms with Crippen LogP contribution in [-0.4, -0.2) is 20.7 Å². The number of aromatic nitrogens is 3. The first-order valence-corrected chi connectivity index (χ1v) is 4.98. The monoisotopic (exact) mass is 203 g/mol. The van der Waals surface area contributed by atoms with E-state index < -0.39 is 0 Å². The lowest BCUT2D eigenvalue weighted by molar-refractivity contribution is 0.111. The number of imidazole rings is 1. The number of hydrogen-bond donors (Lipinski definition) is 0. The van der Waals surface area contributed by atoms with Crippen LogP contribution in [0.5, 0.6) is 0 Å². The van der Waals surface area contributed by atoms with Crippen molar-refractivity contribution < 1.29 is 4.79 Å². The first-order valence-electron chi connectivity index (χ1n) is 4.98. The summed E-state index contributed by atoms with van der Waals surface area (Å²) in [5.74, 6) is 0.573. The van der Waals surface area contributed by atoms with Gasteiger partial charge in [-0.05, 0) is 12.3 Å². The van der Waals surface area contributed by atoms with E-state index in [2.05, 4.69) is 23.8 Å². The van der Waals surface area contributed by atoms with Gasteiger partial charge < -0.3 is 4.40 Å². The Morgan fingerprint density at radius 3 is 2.93 bits per heavy atom. The van der Waals surface area contributed by atoms with Gasteiger partial charge in [0, 0.05) is 12.4 Å². The number of hydrogen-bond acceptors (Lipinski definition) is 3. The Morgan fingerprint density at radius 2 is 2.27 bits per heavy atom. The van der Waals surface area contributed by atoms with Crippen molar-refractivity contribution in [1.29, 1.82) is 0 Å². The van der Waals surface area contributed by atoms with E-state index in [0.717, 1.165) is 18.4 Å². The second-order valence-corrected chi connectivity index (χ2v) is 4.03. The van der Waals surface area contributed by atoms with Crippen molar-refractivity contribution in [3.8, 4) is 0 Å². The lowest BCUT2D eigenvalue weighted by atomic mass is 10.1. The predicted molar refractivity (Wildman–Crippen MR) is 56.9 cm³/mol. The van der Waals surface area contributed by atoms with E-state index >= 15 is 0 Å². The minimum Gasteiger partial charge on any atom is -0.303 e. The van der Waals surface area contributed by atoms with Gasteiger partial charge in [-0.25, -0.2) is 4.98 Å². The number of carbonyl (C=O) groups excluding carboxylic acids is 1. The van der Waals surface area contributed by atoms with Crippen molar-refractivity contribution in [2.75, 3.05) is 0 Å². The van der Waals surface area contributed by atoms with Gasteiger partial charge in [0.05, 0.1) is 11.9 Å². The number of aldehydes is 1. The molecule has 0 aliphatic rings. The normalized spacial score (nSPS) is 11.1. The highest BCUT2D eigenvalue weighted by atomic mass is 16.1. The van der Waals surface area contributed by atoms with Crippen LogP contribution in [0.1, 0.15) is 30.0 Å². The maximum atomic E-state index is 10.5. The summed E-state index contributed by atoms with van der Waals surface area (Å²) in [7, 11) is 0. The third kappa shape index (κ3) is 2.03. The number of carbonyl (C=O) groups is 1. The molecule has 2 aromatic rings. The van der Waals surface area contributed by atoms with Crippen molar-refractivity contribution >= 4 is 11.9 Å². The van der Waals surface area contributed by atoms with Gasteiger partial charge in [-0.3, -0.25) is 9.78 Å². The largest absolute Gasteiger partial charge is 0.303 e. The van der Waals surface area contributed by atoms with Gasteiger partial charge in [0.15, 0.2) is 11.9 Å². The van der Waals surface area contributed by atoms with Crippen LogP contribution in [0, 0.1) is 5.92 Å². The Kier molecular flexibility index (Phi) is 2.49. The molecule has 0 fully saturated rings. The molecule has 2 aromatic heterocycles. The molecule has 4 nitrogen and oxygen atoms in total. The lowest BCUT2D eigenvalue weighted by Gasteiger charge is -2.03. The maximum absolute atomic E-state index is 10.5. The molecule has 4 heteroatoms. The molecule has 15 heavy (non-hydrogen) atoms. The molecule has 0 atom stereocenters. The fraction of sp³-hybridized carbons (Fsp3) is 0.364. The molecule has 0 saturated heterocycles. The van der Waals surface area contributed by atoms with Crippen molar-refractivity contribution in [3.05, 3.63) is 30.0 Å². The summed E-state index contributed by atoms with van der Waals surface area (Å²) >= 11 is 0. The number of fused-ring (bicyclic) bond motifs is 1. The minimum absolute atomic E-state index is 0.443. The molecule has 0 N–H and O–H groups in total. The van der Waals surface area contributed by atoms with E-state index in [1.165, 1.54) is 0 Å². The first kappa shape index (κ1) is 9.83. The average Bonchev–Trinajstić information content (AvgIpc) is 2.58. The molecule has 0 saturated carbocycles. The van der Waals surface area contributed by atoms with Crippen molar-refractivity contribution in [2.24, 2.45) is 5.92 Å². The zero-order valence-corrected chi connectivity index (χ0v) is 8.84. The van der Waals surface area contributed by atoms with Gasteiger partial charge in [0.2, 0.25) is 0 Å². The summed E-state index contributed by atoms with van der Waals surface area (Å²) in [5, 5.41) is 0. The molecule has 0 aliphatic heterocycles. The van der Waals surface area contributed by atoms with Gasteiger partial charge >= 0.3 is 0 Å². The lowest BCUT2D eigenvalue weighted by Crippen LogP contribution is -1.99. The molecule has 0 aliphatic carbocycles. The third-order valence-corrected chi connectivity index (χ3v) is 2.15. The summed E-state index contributed by atoms with van der Waals surface area (Å²) in [6, 6.07) is 0. The topological polar surface area (TPSA) is 47.3 Å². The Bertz CT molecular complexity index is 488. The summed E-state index contributed by atoms with van der Waals surface area (Å²) in [6.07, 6.45) is 7.02. The fourth-order valence-corrected chi connectivity index (χ4v) is 1.54. The Morgan fingerprint density at radius 1 is 1.47 bits per heavy atom. The number of nitrogens with zero attached hydrogens (tertiary/aromatic N) is 3. The van der Waals surface area contributed by atoms with Crippen LogP contribution in [-0.2, 0) is 6.42 Å². The van der Waals surface area contributed by atoms with Crippen LogP contribution in [0.2, 0.25) is 0 Å². The van der Waals surface area contributed by atoms with Crippen LogP contribution in [0.4, 0.5) is 0 Å². The van der Waals surface area contributed by atoms with E-state index in [-0.39, 0.29) is 0 Å². The molecule has 2 heterocycles. The molecule has 0 spiro atoms. The number of rotatable bonds is 3. The molecule has 0 aromatic carbocycles. The summed E-state index contributed by atoms with van der Waals surface area (Å²) in [4.78, 5) is 18.9. The smallest absolute Gasteiger partial charge is 0.170 e. The van der Waals surface area contributed by atoms with Gasteiger partial charge in [0.25, 0.3) is 0 Å². The summed E-state index contributed by atoms with van der Waals surface area (Å²) in [5.41, 5.74) is 2.18. The molecular weight excluding hydrogens is 190 g/mol. The maximum Gasteiger partial charge on any atom is 0.170 e. The van der Waals surface area contributed by atoms with E-state index in [1.54, 1.807) is 12.4 Å². The zero-order chi connectivity index (χ0) is 10.8. The Hall–Kier alpha value is -1.71. The van der Waals surface area contributed by atoms with E-state index in [4.69, 9.17) is 0 Å². The molecule has 0 radical (unpaired) electrons. The molecule has 0 amide bonds. The standard InChI is InChI=1S/C11H13N3O/c1-8(2)3-9-5-14-6-10(7-15)13-11(14)4-12-9/h4-8H,3H2,1-2H3. The van der Waals surface area contributed by atoms with Gasteiger partial charge in [-0.15, -0.1) is 0 Å². The Labute approximate surface area is 88.0 Å². The minimum atomic E-state index is 0.443. The van der Waals surface area contributed by atoms with Crippen LogP contribution in [0.15, 0.2) is 18.6 Å². The van der Waals surface area contributed by atoms with Gasteiger partial charge in [0.1, 0.15) is 5.69 Å². The Balaban J connectivity index is 2.41. The highest BCUT2D eigenvalue weighted by molar-refractivity contribution is 5.72. The van der Waals surface area contributed by atoms with Gasteiger partial charge in [-0.1, -0.05) is 13.8 Å². The van der Waals surface area contributed by atoms with E-state index in [9.17, 15) is 4.79 Å². The van der Waals surface area contributed by atoms with E-state index in [1.807, 2.05) is 10.6 Å². The van der Waals surface area contributed by atoms with Gasteiger partial charge in [-0.2, -0.15) is 0 Å². The predicted octanol–water partition coefficient (Wildman–Crippen LogP) is 1.74. The van der Waals surface area contributed by atoms with Crippen molar-refractivity contribution in [3.63, 3.8) is 0 Å². The molecule has 78 valence electrons. The second-order valence-electron chi connectivity index (χ2n) is 4.03.